The molecule has 1 N–H and O–H groups in total. The SMILES string of the molecule is FC(F)(F)c1ccc(OCC2CCCN2)cc1. The number of hydrogen-bond acceptors (Lipinski definition) is 2. The molecule has 1 unspecified atom stereocenters. The molecule has 0 aromatic heterocycles. The molecule has 0 amide bonds. The van der Waals surface area contributed by atoms with E-state index in [2.05, 4.69) is 5.32 Å². The van der Waals surface area contributed by atoms with E-state index in [4.69, 9.17) is 4.74 Å². The van der Waals surface area contributed by atoms with Gasteiger partial charge >= 0.3 is 6.18 Å². The molecule has 17 heavy (non-hydrogen) atoms. The zero-order valence-corrected chi connectivity index (χ0v) is 9.26. The monoisotopic (exact) mass is 245 g/mol. The highest BCUT2D eigenvalue weighted by molar-refractivity contribution is 5.28. The Labute approximate surface area is 97.8 Å². The second-order valence-corrected chi connectivity index (χ2v) is 4.13. The van der Waals surface area contributed by atoms with E-state index in [-0.39, 0.29) is 0 Å². The van der Waals surface area contributed by atoms with Crippen molar-refractivity contribution in [2.75, 3.05) is 13.2 Å². The minimum Gasteiger partial charge on any atom is -0.492 e. The highest BCUT2D eigenvalue weighted by Gasteiger charge is 2.30. The van der Waals surface area contributed by atoms with Crippen LogP contribution in [-0.2, 0) is 6.18 Å². The highest BCUT2D eigenvalue weighted by atomic mass is 19.4. The zero-order chi connectivity index (χ0) is 12.3. The van der Waals surface area contributed by atoms with Gasteiger partial charge in [-0.3, -0.25) is 0 Å². The molecule has 0 saturated carbocycles. The quantitative estimate of drug-likeness (QED) is 0.884. The average Bonchev–Trinajstić information content (AvgIpc) is 2.78. The molecule has 1 heterocycles. The number of nitrogens with one attached hydrogen (secondary N) is 1. The molecule has 2 rings (SSSR count). The van der Waals surface area contributed by atoms with E-state index in [1.807, 2.05) is 0 Å². The Morgan fingerprint density at radius 3 is 2.47 bits per heavy atom. The van der Waals surface area contributed by atoms with Gasteiger partial charge < -0.3 is 10.1 Å². The molecule has 5 heteroatoms. The number of rotatable bonds is 3. The fourth-order valence-corrected chi connectivity index (χ4v) is 1.84. The third-order valence-corrected chi connectivity index (χ3v) is 2.80. The largest absolute Gasteiger partial charge is 0.492 e. The Hall–Kier alpha value is -1.23. The van der Waals surface area contributed by atoms with Crippen LogP contribution in [0, 0.1) is 0 Å². The highest BCUT2D eigenvalue weighted by Crippen LogP contribution is 2.30. The van der Waals surface area contributed by atoms with Crippen LogP contribution >= 0.6 is 0 Å². The van der Waals surface area contributed by atoms with Crippen molar-refractivity contribution in [1.29, 1.82) is 0 Å². The van der Waals surface area contributed by atoms with E-state index < -0.39 is 11.7 Å². The Kier molecular flexibility index (Phi) is 3.57. The number of alkyl halides is 3. The van der Waals surface area contributed by atoms with Gasteiger partial charge in [0.05, 0.1) is 5.56 Å². The Morgan fingerprint density at radius 2 is 1.94 bits per heavy atom. The van der Waals surface area contributed by atoms with Gasteiger partial charge in [0.25, 0.3) is 0 Å². The second-order valence-electron chi connectivity index (χ2n) is 4.13. The van der Waals surface area contributed by atoms with Crippen molar-refractivity contribution in [3.8, 4) is 5.75 Å². The molecular formula is C12H14F3NO. The van der Waals surface area contributed by atoms with E-state index in [0.717, 1.165) is 31.5 Å². The van der Waals surface area contributed by atoms with Crippen molar-refractivity contribution in [2.45, 2.75) is 25.1 Å². The first-order chi connectivity index (χ1) is 8.05. The Morgan fingerprint density at radius 1 is 1.24 bits per heavy atom. The molecule has 0 radical (unpaired) electrons. The zero-order valence-electron chi connectivity index (χ0n) is 9.26. The van der Waals surface area contributed by atoms with E-state index in [9.17, 15) is 13.2 Å². The summed E-state index contributed by atoms with van der Waals surface area (Å²) >= 11 is 0. The minimum atomic E-state index is -4.29. The number of halogens is 3. The summed E-state index contributed by atoms with van der Waals surface area (Å²) < 4.78 is 42.3. The van der Waals surface area contributed by atoms with E-state index in [1.165, 1.54) is 12.1 Å². The topological polar surface area (TPSA) is 21.3 Å². The van der Waals surface area contributed by atoms with Gasteiger partial charge in [0.1, 0.15) is 12.4 Å². The Bertz CT molecular complexity index is 355. The van der Waals surface area contributed by atoms with Gasteiger partial charge in [0.2, 0.25) is 0 Å². The summed E-state index contributed by atoms with van der Waals surface area (Å²) in [7, 11) is 0. The molecule has 94 valence electrons. The lowest BCUT2D eigenvalue weighted by Crippen LogP contribution is -2.28. The first-order valence-corrected chi connectivity index (χ1v) is 5.59. The normalized spacial score (nSPS) is 20.5. The minimum absolute atomic E-state index is 0.317. The fourth-order valence-electron chi connectivity index (χ4n) is 1.84. The van der Waals surface area contributed by atoms with Gasteiger partial charge in [0.15, 0.2) is 0 Å². The molecule has 1 aliphatic rings. The summed E-state index contributed by atoms with van der Waals surface area (Å²) in [5.74, 6) is 0.478. The van der Waals surface area contributed by atoms with Gasteiger partial charge in [-0.25, -0.2) is 0 Å². The maximum Gasteiger partial charge on any atom is 0.416 e. The number of hydrogen-bond donors (Lipinski definition) is 1. The van der Waals surface area contributed by atoms with Crippen LogP contribution in [0.1, 0.15) is 18.4 Å². The van der Waals surface area contributed by atoms with Crippen molar-refractivity contribution in [2.24, 2.45) is 0 Å². The Balaban J connectivity index is 1.89. The summed E-state index contributed by atoms with van der Waals surface area (Å²) in [6.45, 7) is 1.49. The average molecular weight is 245 g/mol. The maximum absolute atomic E-state index is 12.3. The summed E-state index contributed by atoms with van der Waals surface area (Å²) in [5.41, 5.74) is -0.649. The lowest BCUT2D eigenvalue weighted by molar-refractivity contribution is -0.137. The summed E-state index contributed by atoms with van der Waals surface area (Å²) in [5, 5.41) is 3.26. The lowest BCUT2D eigenvalue weighted by Gasteiger charge is -2.13. The van der Waals surface area contributed by atoms with Crippen LogP contribution in [0.15, 0.2) is 24.3 Å². The molecule has 1 atom stereocenters. The predicted octanol–water partition coefficient (Wildman–Crippen LogP) is 2.84. The maximum atomic E-state index is 12.3. The van der Waals surface area contributed by atoms with E-state index in [1.54, 1.807) is 0 Å². The van der Waals surface area contributed by atoms with Crippen molar-refractivity contribution in [3.63, 3.8) is 0 Å². The molecule has 0 aliphatic carbocycles. The van der Waals surface area contributed by atoms with Gasteiger partial charge in [0, 0.05) is 6.04 Å². The van der Waals surface area contributed by atoms with E-state index in [0.29, 0.717) is 18.4 Å². The molecule has 2 nitrogen and oxygen atoms in total. The van der Waals surface area contributed by atoms with Crippen LogP contribution in [-0.4, -0.2) is 19.2 Å². The fraction of sp³-hybridized carbons (Fsp3) is 0.500. The smallest absolute Gasteiger partial charge is 0.416 e. The molecular weight excluding hydrogens is 231 g/mol. The van der Waals surface area contributed by atoms with E-state index >= 15 is 0 Å². The molecule has 1 aromatic rings. The summed E-state index contributed by atoms with van der Waals surface area (Å²) in [4.78, 5) is 0. The number of ether oxygens (including phenoxy) is 1. The van der Waals surface area contributed by atoms with Crippen LogP contribution in [0.5, 0.6) is 5.75 Å². The molecule has 1 fully saturated rings. The summed E-state index contributed by atoms with van der Waals surface area (Å²) in [6.07, 6.45) is -2.10. The van der Waals surface area contributed by atoms with Crippen molar-refractivity contribution < 1.29 is 17.9 Å². The standard InChI is InChI=1S/C12H14F3NO/c13-12(14,15)9-3-5-11(6-4-9)17-8-10-2-1-7-16-10/h3-6,10,16H,1-2,7-8H2. The third-order valence-electron chi connectivity index (χ3n) is 2.80. The molecule has 1 aromatic carbocycles. The van der Waals surface area contributed by atoms with Crippen molar-refractivity contribution >= 4 is 0 Å². The predicted molar refractivity (Wildman–Crippen MR) is 58.0 cm³/mol. The first-order valence-electron chi connectivity index (χ1n) is 5.59. The van der Waals surface area contributed by atoms with Crippen LogP contribution in [0.4, 0.5) is 13.2 Å². The van der Waals surface area contributed by atoms with Crippen LogP contribution in [0.2, 0.25) is 0 Å². The van der Waals surface area contributed by atoms with Crippen molar-refractivity contribution in [1.82, 2.24) is 5.32 Å². The van der Waals surface area contributed by atoms with Crippen LogP contribution in [0.25, 0.3) is 0 Å². The molecule has 0 bridgehead atoms. The lowest BCUT2D eigenvalue weighted by atomic mass is 10.2. The molecule has 1 saturated heterocycles. The van der Waals surface area contributed by atoms with Crippen LogP contribution in [0.3, 0.4) is 0 Å². The van der Waals surface area contributed by atoms with Gasteiger partial charge in [-0.15, -0.1) is 0 Å². The summed E-state index contributed by atoms with van der Waals surface area (Å²) in [6, 6.07) is 5.11. The van der Waals surface area contributed by atoms with Gasteiger partial charge in [-0.2, -0.15) is 13.2 Å². The molecule has 0 spiro atoms. The number of benzene rings is 1. The van der Waals surface area contributed by atoms with Gasteiger partial charge in [-0.05, 0) is 43.7 Å². The second kappa shape index (κ2) is 4.96. The van der Waals surface area contributed by atoms with Crippen LogP contribution < -0.4 is 10.1 Å². The first kappa shape index (κ1) is 12.2. The van der Waals surface area contributed by atoms with Crippen molar-refractivity contribution in [3.05, 3.63) is 29.8 Å². The van der Waals surface area contributed by atoms with Gasteiger partial charge in [-0.1, -0.05) is 0 Å². The third kappa shape index (κ3) is 3.36. The molecule has 1 aliphatic heterocycles.